The summed E-state index contributed by atoms with van der Waals surface area (Å²) in [5.74, 6) is 0.0173. The highest BCUT2D eigenvalue weighted by Gasteiger charge is 2.22. The summed E-state index contributed by atoms with van der Waals surface area (Å²) in [5, 5.41) is 2.73. The number of benzene rings is 3. The first kappa shape index (κ1) is 21.9. The monoisotopic (exact) mass is 419 g/mol. The van der Waals surface area contributed by atoms with Crippen molar-refractivity contribution in [3.8, 4) is 11.5 Å². The summed E-state index contributed by atoms with van der Waals surface area (Å²) in [6.45, 7) is 1.53. The lowest BCUT2D eigenvalue weighted by molar-refractivity contribution is -0.123. The minimum Gasteiger partial charge on any atom is -0.497 e. The molecule has 3 aromatic carbocycles. The van der Waals surface area contributed by atoms with E-state index < -0.39 is 18.0 Å². The molecule has 0 spiro atoms. The Morgan fingerprint density at radius 2 is 1.61 bits per heavy atom. The smallest absolute Gasteiger partial charge is 0.339 e. The Kier molecular flexibility index (Phi) is 7.27. The maximum absolute atomic E-state index is 12.8. The maximum atomic E-state index is 12.8. The predicted molar refractivity (Wildman–Crippen MR) is 119 cm³/mol. The summed E-state index contributed by atoms with van der Waals surface area (Å²) in [6.07, 6.45) is -0.415. The Morgan fingerprint density at radius 3 is 2.32 bits per heavy atom. The number of rotatable bonds is 8. The fourth-order valence-electron chi connectivity index (χ4n) is 3.11. The molecule has 1 amide bonds. The number of nitrogens with one attached hydrogen (secondary N) is 1. The van der Waals surface area contributed by atoms with Gasteiger partial charge >= 0.3 is 5.97 Å². The van der Waals surface area contributed by atoms with Gasteiger partial charge in [0, 0.05) is 6.07 Å². The lowest BCUT2D eigenvalue weighted by Gasteiger charge is -2.17. The number of carbonyl (C=O) groups is 2. The molecule has 0 heterocycles. The molecule has 1 atom stereocenters. The summed E-state index contributed by atoms with van der Waals surface area (Å²) < 4.78 is 15.9. The van der Waals surface area contributed by atoms with Crippen LogP contribution in [0.5, 0.6) is 11.5 Å². The molecule has 1 unspecified atom stereocenters. The van der Waals surface area contributed by atoms with Gasteiger partial charge in [-0.15, -0.1) is 0 Å². The number of hydrogen-bond donors (Lipinski definition) is 1. The highest BCUT2D eigenvalue weighted by molar-refractivity contribution is 5.98. The number of carbonyl (C=O) groups excluding carboxylic acids is 2. The molecule has 6 heteroatoms. The van der Waals surface area contributed by atoms with E-state index >= 15 is 0 Å². The molecule has 0 fully saturated rings. The second-order valence-corrected chi connectivity index (χ2v) is 6.92. The van der Waals surface area contributed by atoms with Crippen LogP contribution in [0.1, 0.15) is 28.4 Å². The Morgan fingerprint density at radius 1 is 0.903 bits per heavy atom. The molecule has 3 aromatic rings. The van der Waals surface area contributed by atoms with Crippen molar-refractivity contribution in [1.82, 2.24) is 0 Å². The van der Waals surface area contributed by atoms with E-state index in [0.717, 1.165) is 11.1 Å². The zero-order chi connectivity index (χ0) is 22.2. The zero-order valence-electron chi connectivity index (χ0n) is 17.8. The fraction of sp³-hybridized carbons (Fsp3) is 0.200. The second kappa shape index (κ2) is 10.3. The summed E-state index contributed by atoms with van der Waals surface area (Å²) in [5.41, 5.74) is 2.78. The third-order valence-corrected chi connectivity index (χ3v) is 4.79. The molecule has 0 aliphatic heterocycles. The summed E-state index contributed by atoms with van der Waals surface area (Å²) in [7, 11) is 3.04. The van der Waals surface area contributed by atoms with Crippen molar-refractivity contribution in [3.63, 3.8) is 0 Å². The van der Waals surface area contributed by atoms with Crippen LogP contribution in [0, 0.1) is 0 Å². The van der Waals surface area contributed by atoms with Crippen molar-refractivity contribution >= 4 is 17.6 Å². The number of hydrogen-bond acceptors (Lipinski definition) is 5. The van der Waals surface area contributed by atoms with Crippen molar-refractivity contribution in [2.75, 3.05) is 19.5 Å². The van der Waals surface area contributed by atoms with Crippen molar-refractivity contribution in [2.45, 2.75) is 19.4 Å². The number of esters is 1. The number of methoxy groups -OCH3 is 2. The molecule has 0 aromatic heterocycles. The van der Waals surface area contributed by atoms with E-state index in [1.165, 1.54) is 21.1 Å². The average molecular weight is 419 g/mol. The molecule has 31 heavy (non-hydrogen) atoms. The Bertz CT molecular complexity index is 1050. The van der Waals surface area contributed by atoms with Gasteiger partial charge in [0.1, 0.15) is 11.5 Å². The summed E-state index contributed by atoms with van der Waals surface area (Å²) in [6, 6.07) is 22.1. The van der Waals surface area contributed by atoms with E-state index in [-0.39, 0.29) is 0 Å². The van der Waals surface area contributed by atoms with Crippen LogP contribution < -0.4 is 14.8 Å². The van der Waals surface area contributed by atoms with E-state index in [2.05, 4.69) is 5.32 Å². The summed E-state index contributed by atoms with van der Waals surface area (Å²) in [4.78, 5) is 25.4. The van der Waals surface area contributed by atoms with Crippen LogP contribution in [0.4, 0.5) is 5.69 Å². The molecule has 0 bridgehead atoms. The van der Waals surface area contributed by atoms with E-state index in [0.29, 0.717) is 29.2 Å². The molecule has 0 aliphatic rings. The van der Waals surface area contributed by atoms with Crippen LogP contribution in [-0.2, 0) is 16.0 Å². The fourth-order valence-corrected chi connectivity index (χ4v) is 3.11. The Hall–Kier alpha value is -3.80. The molecule has 0 aliphatic carbocycles. The third kappa shape index (κ3) is 5.63. The van der Waals surface area contributed by atoms with Gasteiger partial charge in [0.05, 0.1) is 25.5 Å². The molecule has 0 saturated carbocycles. The minimum absolute atomic E-state index is 0.430. The number of amides is 1. The molecular formula is C25H25NO5. The normalized spacial score (nSPS) is 11.3. The third-order valence-electron chi connectivity index (χ3n) is 4.79. The van der Waals surface area contributed by atoms with E-state index in [4.69, 9.17) is 14.2 Å². The molecule has 0 saturated heterocycles. The van der Waals surface area contributed by atoms with E-state index in [9.17, 15) is 9.59 Å². The van der Waals surface area contributed by atoms with Gasteiger partial charge in [-0.3, -0.25) is 4.79 Å². The standard InChI is InChI=1S/C25H25NO5/c1-17(24(27)26-22-16-20(29-2)13-14-23(22)30-3)31-25(28)21-12-8-7-11-19(21)15-18-9-5-4-6-10-18/h4-14,16-17H,15H2,1-3H3,(H,26,27). The SMILES string of the molecule is COc1ccc(OC)c(NC(=O)C(C)OC(=O)c2ccccc2Cc2ccccc2)c1. The van der Waals surface area contributed by atoms with Crippen molar-refractivity contribution in [1.29, 1.82) is 0 Å². The lowest BCUT2D eigenvalue weighted by Crippen LogP contribution is -2.30. The van der Waals surface area contributed by atoms with Gasteiger partial charge in [-0.2, -0.15) is 0 Å². The lowest BCUT2D eigenvalue weighted by atomic mass is 10.00. The van der Waals surface area contributed by atoms with Gasteiger partial charge in [0.15, 0.2) is 6.10 Å². The van der Waals surface area contributed by atoms with Crippen LogP contribution in [0.15, 0.2) is 72.8 Å². The zero-order valence-corrected chi connectivity index (χ0v) is 17.8. The van der Waals surface area contributed by atoms with Gasteiger partial charge in [-0.05, 0) is 42.7 Å². The maximum Gasteiger partial charge on any atom is 0.339 e. The molecule has 0 radical (unpaired) electrons. The Labute approximate surface area is 181 Å². The molecule has 6 nitrogen and oxygen atoms in total. The van der Waals surface area contributed by atoms with Gasteiger partial charge < -0.3 is 19.5 Å². The topological polar surface area (TPSA) is 73.9 Å². The highest BCUT2D eigenvalue weighted by Crippen LogP contribution is 2.29. The number of anilines is 1. The van der Waals surface area contributed by atoms with Crippen LogP contribution in [-0.4, -0.2) is 32.2 Å². The largest absolute Gasteiger partial charge is 0.497 e. The van der Waals surface area contributed by atoms with Crippen LogP contribution in [0.2, 0.25) is 0 Å². The van der Waals surface area contributed by atoms with Crippen LogP contribution in [0.25, 0.3) is 0 Å². The second-order valence-electron chi connectivity index (χ2n) is 6.92. The van der Waals surface area contributed by atoms with E-state index in [1.807, 2.05) is 42.5 Å². The van der Waals surface area contributed by atoms with Crippen LogP contribution in [0.3, 0.4) is 0 Å². The van der Waals surface area contributed by atoms with Crippen molar-refractivity contribution in [2.24, 2.45) is 0 Å². The van der Waals surface area contributed by atoms with Crippen LogP contribution >= 0.6 is 0 Å². The van der Waals surface area contributed by atoms with E-state index in [1.54, 1.807) is 30.3 Å². The first-order valence-corrected chi connectivity index (χ1v) is 9.87. The minimum atomic E-state index is -1.01. The van der Waals surface area contributed by atoms with Gasteiger partial charge in [0.2, 0.25) is 0 Å². The quantitative estimate of drug-likeness (QED) is 0.545. The van der Waals surface area contributed by atoms with Gasteiger partial charge in [-0.25, -0.2) is 4.79 Å². The van der Waals surface area contributed by atoms with Crippen molar-refractivity contribution < 1.29 is 23.8 Å². The summed E-state index contributed by atoms with van der Waals surface area (Å²) >= 11 is 0. The first-order valence-electron chi connectivity index (χ1n) is 9.87. The highest BCUT2D eigenvalue weighted by atomic mass is 16.5. The van der Waals surface area contributed by atoms with Gasteiger partial charge in [-0.1, -0.05) is 48.5 Å². The molecule has 3 rings (SSSR count). The number of ether oxygens (including phenoxy) is 3. The molecular weight excluding hydrogens is 394 g/mol. The average Bonchev–Trinajstić information content (AvgIpc) is 2.79. The first-order chi connectivity index (χ1) is 15.0. The predicted octanol–water partition coefficient (Wildman–Crippen LogP) is 4.48. The van der Waals surface area contributed by atoms with Gasteiger partial charge in [0.25, 0.3) is 5.91 Å². The Balaban J connectivity index is 1.70. The van der Waals surface area contributed by atoms with Crippen molar-refractivity contribution in [3.05, 3.63) is 89.5 Å². The molecule has 160 valence electrons. The molecule has 1 N–H and O–H groups in total.